The van der Waals surface area contributed by atoms with Crippen LogP contribution in [0.2, 0.25) is 5.02 Å². The van der Waals surface area contributed by atoms with Crippen molar-refractivity contribution in [1.29, 1.82) is 0 Å². The Kier molecular flexibility index (Phi) is 8.17. The number of halogens is 1. The fourth-order valence-electron chi connectivity index (χ4n) is 3.57. The largest absolute Gasteiger partial charge is 0.495 e. The van der Waals surface area contributed by atoms with Gasteiger partial charge in [0.05, 0.1) is 22.7 Å². The summed E-state index contributed by atoms with van der Waals surface area (Å²) >= 11 is 6.22. The number of rotatable bonds is 10. The van der Waals surface area contributed by atoms with Crippen LogP contribution in [0.15, 0.2) is 53.4 Å². The van der Waals surface area contributed by atoms with E-state index >= 15 is 0 Å². The molecule has 1 saturated heterocycles. The van der Waals surface area contributed by atoms with Gasteiger partial charge < -0.3 is 15.0 Å². The topological polar surface area (TPSA) is 79.0 Å². The van der Waals surface area contributed by atoms with Crippen LogP contribution in [-0.2, 0) is 14.8 Å². The molecule has 2 aromatic rings. The molecule has 0 aliphatic carbocycles. The van der Waals surface area contributed by atoms with Crippen molar-refractivity contribution in [2.24, 2.45) is 0 Å². The highest BCUT2D eigenvalue weighted by Crippen LogP contribution is 2.31. The molecule has 1 aliphatic rings. The molecule has 7 nitrogen and oxygen atoms in total. The molecule has 0 radical (unpaired) electrons. The second-order valence-electron chi connectivity index (χ2n) is 7.40. The molecular weight excluding hydrogens is 438 g/mol. The third-order valence-electron chi connectivity index (χ3n) is 5.21. The van der Waals surface area contributed by atoms with E-state index < -0.39 is 10.0 Å². The van der Waals surface area contributed by atoms with Gasteiger partial charge in [-0.25, -0.2) is 8.42 Å². The van der Waals surface area contributed by atoms with Gasteiger partial charge in [0.25, 0.3) is 10.0 Å². The van der Waals surface area contributed by atoms with E-state index in [1.807, 2.05) is 0 Å². The van der Waals surface area contributed by atoms with E-state index in [4.69, 9.17) is 16.3 Å². The molecule has 0 unspecified atom stereocenters. The number of carbonyl (C=O) groups excluding carboxylic acids is 1. The Morgan fingerprint density at radius 2 is 1.87 bits per heavy atom. The zero-order chi connectivity index (χ0) is 22.3. The SMILES string of the molecule is COc1ccc(N(CC(=O)NCCCN2CCCC2)S(=O)(=O)c2ccccc2)cc1Cl. The maximum absolute atomic E-state index is 13.3. The number of nitrogens with zero attached hydrogens (tertiary/aromatic N) is 2. The number of methoxy groups -OCH3 is 1. The average Bonchev–Trinajstić information content (AvgIpc) is 3.29. The molecule has 1 aliphatic heterocycles. The third-order valence-corrected chi connectivity index (χ3v) is 7.30. The van der Waals surface area contributed by atoms with Crippen molar-refractivity contribution in [3.05, 3.63) is 53.6 Å². The monoisotopic (exact) mass is 465 g/mol. The van der Waals surface area contributed by atoms with Crippen LogP contribution in [0.4, 0.5) is 5.69 Å². The smallest absolute Gasteiger partial charge is 0.264 e. The summed E-state index contributed by atoms with van der Waals surface area (Å²) in [6.07, 6.45) is 3.28. The van der Waals surface area contributed by atoms with Crippen molar-refractivity contribution in [3.63, 3.8) is 0 Å². The van der Waals surface area contributed by atoms with Gasteiger partial charge in [-0.3, -0.25) is 9.10 Å². The van der Waals surface area contributed by atoms with Gasteiger partial charge in [0.15, 0.2) is 0 Å². The van der Waals surface area contributed by atoms with Crippen LogP contribution in [0.5, 0.6) is 5.75 Å². The summed E-state index contributed by atoms with van der Waals surface area (Å²) in [5.41, 5.74) is 0.293. The lowest BCUT2D eigenvalue weighted by Gasteiger charge is -2.24. The molecule has 1 amide bonds. The number of benzene rings is 2. The molecule has 0 bridgehead atoms. The lowest BCUT2D eigenvalue weighted by atomic mass is 10.3. The van der Waals surface area contributed by atoms with E-state index in [-0.39, 0.29) is 22.4 Å². The van der Waals surface area contributed by atoms with E-state index in [1.54, 1.807) is 30.3 Å². The standard InChI is InChI=1S/C22H28ClN3O4S/c1-30-21-11-10-18(16-20(21)23)26(31(28,29)19-8-3-2-4-9-19)17-22(27)24-12-7-15-25-13-5-6-14-25/h2-4,8-11,16H,5-7,12-15,17H2,1H3,(H,24,27). The van der Waals surface area contributed by atoms with E-state index in [0.29, 0.717) is 18.0 Å². The van der Waals surface area contributed by atoms with E-state index in [2.05, 4.69) is 10.2 Å². The van der Waals surface area contributed by atoms with Crippen molar-refractivity contribution >= 4 is 33.2 Å². The first kappa shape index (κ1) is 23.4. The fraction of sp³-hybridized carbons (Fsp3) is 0.409. The van der Waals surface area contributed by atoms with Gasteiger partial charge in [-0.15, -0.1) is 0 Å². The van der Waals surface area contributed by atoms with Crippen molar-refractivity contribution < 1.29 is 17.9 Å². The van der Waals surface area contributed by atoms with Crippen LogP contribution in [0.1, 0.15) is 19.3 Å². The molecule has 1 N–H and O–H groups in total. The number of hydrogen-bond acceptors (Lipinski definition) is 5. The first-order valence-electron chi connectivity index (χ1n) is 10.3. The first-order chi connectivity index (χ1) is 14.9. The van der Waals surface area contributed by atoms with Crippen molar-refractivity contribution in [1.82, 2.24) is 10.2 Å². The molecule has 31 heavy (non-hydrogen) atoms. The molecule has 0 spiro atoms. The van der Waals surface area contributed by atoms with E-state index in [1.165, 1.54) is 38.2 Å². The lowest BCUT2D eigenvalue weighted by Crippen LogP contribution is -2.41. The number of nitrogens with one attached hydrogen (secondary N) is 1. The Bertz CT molecular complexity index is 980. The summed E-state index contributed by atoms with van der Waals surface area (Å²) in [4.78, 5) is 15.1. The number of ether oxygens (including phenoxy) is 1. The number of carbonyl (C=O) groups is 1. The molecule has 2 aromatic carbocycles. The van der Waals surface area contributed by atoms with Gasteiger partial charge >= 0.3 is 0 Å². The number of anilines is 1. The molecular formula is C22H28ClN3O4S. The molecule has 168 valence electrons. The summed E-state index contributed by atoms with van der Waals surface area (Å²) in [7, 11) is -2.48. The van der Waals surface area contributed by atoms with Crippen LogP contribution in [0.25, 0.3) is 0 Å². The second-order valence-corrected chi connectivity index (χ2v) is 9.67. The molecule has 9 heteroatoms. The zero-order valence-electron chi connectivity index (χ0n) is 17.6. The maximum Gasteiger partial charge on any atom is 0.264 e. The summed E-state index contributed by atoms with van der Waals surface area (Å²) in [5.74, 6) is 0.0571. The Labute approximate surface area is 189 Å². The third kappa shape index (κ3) is 6.12. The predicted molar refractivity (Wildman–Crippen MR) is 122 cm³/mol. The van der Waals surface area contributed by atoms with Crippen molar-refractivity contribution in [2.45, 2.75) is 24.2 Å². The molecule has 0 saturated carbocycles. The Hall–Kier alpha value is -2.29. The predicted octanol–water partition coefficient (Wildman–Crippen LogP) is 3.15. The van der Waals surface area contributed by atoms with E-state index in [0.717, 1.165) is 30.4 Å². The van der Waals surface area contributed by atoms with Crippen molar-refractivity contribution in [3.8, 4) is 5.75 Å². The Morgan fingerprint density at radius 3 is 2.52 bits per heavy atom. The number of hydrogen-bond donors (Lipinski definition) is 1. The first-order valence-corrected chi connectivity index (χ1v) is 12.1. The highest BCUT2D eigenvalue weighted by atomic mass is 35.5. The molecule has 1 heterocycles. The van der Waals surface area contributed by atoms with Crippen LogP contribution >= 0.6 is 11.6 Å². The second kappa shape index (κ2) is 10.8. The molecule has 0 aromatic heterocycles. The Morgan fingerprint density at radius 1 is 1.16 bits per heavy atom. The van der Waals surface area contributed by atoms with Gasteiger partial charge in [-0.1, -0.05) is 29.8 Å². The Balaban J connectivity index is 1.74. The fourth-order valence-corrected chi connectivity index (χ4v) is 5.25. The molecule has 3 rings (SSSR count). The minimum Gasteiger partial charge on any atom is -0.495 e. The number of sulfonamides is 1. The maximum atomic E-state index is 13.3. The lowest BCUT2D eigenvalue weighted by molar-refractivity contribution is -0.119. The number of likely N-dealkylation sites (tertiary alicyclic amines) is 1. The van der Waals surface area contributed by atoms with Gasteiger partial charge in [-0.2, -0.15) is 0 Å². The zero-order valence-corrected chi connectivity index (χ0v) is 19.2. The number of amides is 1. The van der Waals surface area contributed by atoms with Gasteiger partial charge in [0.1, 0.15) is 12.3 Å². The van der Waals surface area contributed by atoms with Crippen LogP contribution in [-0.4, -0.2) is 59.1 Å². The minimum atomic E-state index is -3.96. The van der Waals surface area contributed by atoms with Crippen LogP contribution < -0.4 is 14.4 Å². The summed E-state index contributed by atoms with van der Waals surface area (Å²) in [5, 5.41) is 3.10. The highest BCUT2D eigenvalue weighted by molar-refractivity contribution is 7.92. The molecule has 1 fully saturated rings. The summed E-state index contributed by atoms with van der Waals surface area (Å²) in [6, 6.07) is 12.7. The van der Waals surface area contributed by atoms with E-state index in [9.17, 15) is 13.2 Å². The summed E-state index contributed by atoms with van der Waals surface area (Å²) in [6.45, 7) is 3.30. The van der Waals surface area contributed by atoms with Crippen molar-refractivity contribution in [2.75, 3.05) is 44.1 Å². The van der Waals surface area contributed by atoms with Crippen LogP contribution in [0, 0.1) is 0 Å². The molecule has 0 atom stereocenters. The van der Waals surface area contributed by atoms with Gasteiger partial charge in [0.2, 0.25) is 5.91 Å². The minimum absolute atomic E-state index is 0.101. The van der Waals surface area contributed by atoms with Crippen LogP contribution in [0.3, 0.4) is 0 Å². The van der Waals surface area contributed by atoms with Gasteiger partial charge in [0, 0.05) is 6.54 Å². The quantitative estimate of drug-likeness (QED) is 0.545. The normalized spacial score (nSPS) is 14.4. The summed E-state index contributed by atoms with van der Waals surface area (Å²) < 4.78 is 32.8. The highest BCUT2D eigenvalue weighted by Gasteiger charge is 2.27. The average molecular weight is 466 g/mol. The van der Waals surface area contributed by atoms with Gasteiger partial charge in [-0.05, 0) is 69.2 Å².